The molecule has 0 atom stereocenters. The molecule has 0 saturated heterocycles. The van der Waals surface area contributed by atoms with E-state index in [1.807, 2.05) is 0 Å². The van der Waals surface area contributed by atoms with Crippen molar-refractivity contribution in [1.29, 1.82) is 0 Å². The summed E-state index contributed by atoms with van der Waals surface area (Å²) in [6.07, 6.45) is 7.40. The second-order valence-electron chi connectivity index (χ2n) is 3.42. The largest absolute Gasteiger partial charge is 0.351 e. The van der Waals surface area contributed by atoms with Crippen LogP contribution in [0.5, 0.6) is 0 Å². The van der Waals surface area contributed by atoms with Crippen LogP contribution in [0.3, 0.4) is 0 Å². The summed E-state index contributed by atoms with van der Waals surface area (Å²) in [5.74, 6) is 0. The molecule has 1 heteroatoms. The highest BCUT2D eigenvalue weighted by atomic mass is 14.9. The number of rotatable bonds is 2. The highest BCUT2D eigenvalue weighted by Crippen LogP contribution is 1.94. The predicted octanol–water partition coefficient (Wildman–Crippen LogP) is 1.57. The first kappa shape index (κ1) is 9.85. The Balaban J connectivity index is 3.15. The number of hydrogen-bond acceptors (Lipinski definition) is 0. The number of allylic oxidation sites excluding steroid dienone is 1. The molecule has 0 unspecified atom stereocenters. The van der Waals surface area contributed by atoms with Crippen LogP contribution >= 0.6 is 0 Å². The Morgan fingerprint density at radius 3 is 2.85 bits per heavy atom. The predicted molar refractivity (Wildman–Crippen MR) is 58.7 cm³/mol. The Labute approximate surface area is 79.7 Å². The standard InChI is InChI=1S/C12H17N/c1-5-12-11(7-6-10(2)3)8-9-13(12)4/h5,7-9H,2,6H2,1,3-4H3/b11-7-,12-5+. The van der Waals surface area contributed by atoms with Gasteiger partial charge >= 0.3 is 0 Å². The fourth-order valence-corrected chi connectivity index (χ4v) is 1.39. The minimum atomic E-state index is 0.963. The van der Waals surface area contributed by atoms with E-state index in [4.69, 9.17) is 0 Å². The minimum Gasteiger partial charge on any atom is -0.351 e. The quantitative estimate of drug-likeness (QED) is 0.601. The van der Waals surface area contributed by atoms with Gasteiger partial charge in [0.05, 0.1) is 0 Å². The molecule has 1 heterocycles. The lowest BCUT2D eigenvalue weighted by atomic mass is 10.2. The second kappa shape index (κ2) is 4.13. The van der Waals surface area contributed by atoms with Gasteiger partial charge in [0, 0.05) is 18.6 Å². The number of aryl methyl sites for hydroxylation is 1. The molecular weight excluding hydrogens is 158 g/mol. The summed E-state index contributed by atoms with van der Waals surface area (Å²) >= 11 is 0. The molecule has 1 rings (SSSR count). The highest BCUT2D eigenvalue weighted by Gasteiger charge is 1.89. The van der Waals surface area contributed by atoms with Gasteiger partial charge in [0.15, 0.2) is 0 Å². The molecule has 0 N–H and O–H groups in total. The maximum atomic E-state index is 3.88. The van der Waals surface area contributed by atoms with E-state index in [0.29, 0.717) is 0 Å². The molecule has 0 spiro atoms. The van der Waals surface area contributed by atoms with Gasteiger partial charge in [-0.2, -0.15) is 0 Å². The maximum absolute atomic E-state index is 3.88. The summed E-state index contributed by atoms with van der Waals surface area (Å²) in [7, 11) is 2.06. The molecule has 1 nitrogen and oxygen atoms in total. The molecule has 1 aromatic rings. The average Bonchev–Trinajstić information content (AvgIpc) is 2.42. The Kier molecular flexibility index (Phi) is 3.13. The summed E-state index contributed by atoms with van der Waals surface area (Å²) in [5.41, 5.74) is 1.20. The maximum Gasteiger partial charge on any atom is 0.0431 e. The Morgan fingerprint density at radius 1 is 1.62 bits per heavy atom. The normalized spacial score (nSPS) is 13.8. The zero-order chi connectivity index (χ0) is 9.84. The molecule has 0 aliphatic rings. The van der Waals surface area contributed by atoms with E-state index in [1.54, 1.807) is 0 Å². The van der Waals surface area contributed by atoms with Crippen molar-refractivity contribution in [3.63, 3.8) is 0 Å². The van der Waals surface area contributed by atoms with Gasteiger partial charge in [-0.05, 0) is 31.6 Å². The van der Waals surface area contributed by atoms with Crippen molar-refractivity contribution >= 4 is 12.2 Å². The second-order valence-corrected chi connectivity index (χ2v) is 3.42. The van der Waals surface area contributed by atoms with E-state index >= 15 is 0 Å². The van der Waals surface area contributed by atoms with Gasteiger partial charge in [-0.1, -0.05) is 24.3 Å². The van der Waals surface area contributed by atoms with Crippen molar-refractivity contribution in [2.24, 2.45) is 7.05 Å². The molecule has 0 aliphatic carbocycles. The monoisotopic (exact) mass is 175 g/mol. The molecule has 1 aromatic heterocycles. The van der Waals surface area contributed by atoms with Crippen LogP contribution in [0.25, 0.3) is 12.2 Å². The van der Waals surface area contributed by atoms with Crippen LogP contribution < -0.4 is 10.6 Å². The first-order valence-electron chi connectivity index (χ1n) is 4.57. The van der Waals surface area contributed by atoms with Crippen LogP contribution in [-0.2, 0) is 7.05 Å². The van der Waals surface area contributed by atoms with E-state index in [0.717, 1.165) is 6.42 Å². The van der Waals surface area contributed by atoms with Crippen molar-refractivity contribution in [2.45, 2.75) is 20.3 Å². The first-order valence-corrected chi connectivity index (χ1v) is 4.57. The lowest BCUT2D eigenvalue weighted by Gasteiger charge is -1.90. The Bertz CT molecular complexity index is 407. The molecule has 13 heavy (non-hydrogen) atoms. The molecule has 0 amide bonds. The summed E-state index contributed by atoms with van der Waals surface area (Å²) in [5, 5.41) is 2.58. The number of aromatic nitrogens is 1. The van der Waals surface area contributed by atoms with Gasteiger partial charge in [0.25, 0.3) is 0 Å². The summed E-state index contributed by atoms with van der Waals surface area (Å²) in [6, 6.07) is 2.14. The van der Waals surface area contributed by atoms with Gasteiger partial charge in [-0.15, -0.1) is 0 Å². The van der Waals surface area contributed by atoms with E-state index in [2.05, 4.69) is 56.5 Å². The van der Waals surface area contributed by atoms with E-state index < -0.39 is 0 Å². The Morgan fingerprint density at radius 2 is 2.31 bits per heavy atom. The summed E-state index contributed by atoms with van der Waals surface area (Å²) < 4.78 is 2.13. The first-order chi connectivity index (χ1) is 6.15. The molecule has 0 fully saturated rings. The molecule has 0 aliphatic heterocycles. The SMILES string of the molecule is C=C(C)C/C=c1/ccn(C)/c1=C/C. The average molecular weight is 175 g/mol. The van der Waals surface area contributed by atoms with Gasteiger partial charge in [-0.25, -0.2) is 0 Å². The fourth-order valence-electron chi connectivity index (χ4n) is 1.39. The third kappa shape index (κ3) is 2.35. The van der Waals surface area contributed by atoms with Crippen molar-refractivity contribution < 1.29 is 0 Å². The highest BCUT2D eigenvalue weighted by molar-refractivity contribution is 5.31. The van der Waals surface area contributed by atoms with Crippen molar-refractivity contribution in [2.75, 3.05) is 0 Å². The van der Waals surface area contributed by atoms with Crippen LogP contribution in [0.4, 0.5) is 0 Å². The van der Waals surface area contributed by atoms with E-state index in [9.17, 15) is 0 Å². The minimum absolute atomic E-state index is 0.963. The molecule has 0 radical (unpaired) electrons. The molecule has 0 aromatic carbocycles. The summed E-state index contributed by atoms with van der Waals surface area (Å²) in [6.45, 7) is 8.00. The van der Waals surface area contributed by atoms with Crippen LogP contribution in [0, 0.1) is 0 Å². The van der Waals surface area contributed by atoms with Crippen LogP contribution in [0.2, 0.25) is 0 Å². The van der Waals surface area contributed by atoms with Crippen molar-refractivity contribution in [3.05, 3.63) is 35.0 Å². The lowest BCUT2D eigenvalue weighted by Crippen LogP contribution is -2.26. The molecule has 0 saturated carbocycles. The van der Waals surface area contributed by atoms with Gasteiger partial charge in [0.1, 0.15) is 0 Å². The number of hydrogen-bond donors (Lipinski definition) is 0. The van der Waals surface area contributed by atoms with Crippen LogP contribution in [-0.4, -0.2) is 4.57 Å². The van der Waals surface area contributed by atoms with Crippen molar-refractivity contribution in [1.82, 2.24) is 4.57 Å². The topological polar surface area (TPSA) is 4.93 Å². The third-order valence-electron chi connectivity index (χ3n) is 2.10. The van der Waals surface area contributed by atoms with E-state index in [1.165, 1.54) is 16.1 Å². The Hall–Kier alpha value is -1.24. The molecule has 70 valence electrons. The third-order valence-corrected chi connectivity index (χ3v) is 2.10. The smallest absolute Gasteiger partial charge is 0.0431 e. The van der Waals surface area contributed by atoms with Gasteiger partial charge in [-0.3, -0.25) is 0 Å². The number of nitrogens with zero attached hydrogens (tertiary/aromatic N) is 1. The summed E-state index contributed by atoms with van der Waals surface area (Å²) in [4.78, 5) is 0. The van der Waals surface area contributed by atoms with Crippen molar-refractivity contribution in [3.8, 4) is 0 Å². The fraction of sp³-hybridized carbons (Fsp3) is 0.333. The van der Waals surface area contributed by atoms with Gasteiger partial charge < -0.3 is 4.57 Å². The zero-order valence-corrected chi connectivity index (χ0v) is 8.67. The van der Waals surface area contributed by atoms with E-state index in [-0.39, 0.29) is 0 Å². The molecule has 0 bridgehead atoms. The van der Waals surface area contributed by atoms with Gasteiger partial charge in [0.2, 0.25) is 0 Å². The zero-order valence-electron chi connectivity index (χ0n) is 8.67. The lowest BCUT2D eigenvalue weighted by molar-refractivity contribution is 0.887. The molecular formula is C12H17N. The van der Waals surface area contributed by atoms with Crippen LogP contribution in [0.1, 0.15) is 20.3 Å². The van der Waals surface area contributed by atoms with Crippen LogP contribution in [0.15, 0.2) is 24.4 Å².